The van der Waals surface area contributed by atoms with Crippen molar-refractivity contribution in [3.63, 3.8) is 0 Å². The van der Waals surface area contributed by atoms with E-state index in [1.807, 2.05) is 53.9 Å². The van der Waals surface area contributed by atoms with Crippen LogP contribution in [0.3, 0.4) is 0 Å². The van der Waals surface area contributed by atoms with Crippen LogP contribution in [0.2, 0.25) is 5.02 Å². The number of amides is 1. The predicted molar refractivity (Wildman–Crippen MR) is 98.5 cm³/mol. The minimum Gasteiger partial charge on any atom is -0.375 e. The van der Waals surface area contributed by atoms with Gasteiger partial charge in [-0.15, -0.1) is 11.3 Å². The maximum Gasteiger partial charge on any atom is 0.250 e. The number of halogens is 1. The van der Waals surface area contributed by atoms with Crippen LogP contribution >= 0.6 is 22.9 Å². The normalized spacial score (nSPS) is 10.6. The Kier molecular flexibility index (Phi) is 5.25. The molecule has 1 heterocycles. The number of benzene rings is 2. The van der Waals surface area contributed by atoms with Gasteiger partial charge in [-0.2, -0.15) is 0 Å². The van der Waals surface area contributed by atoms with Crippen molar-refractivity contribution in [2.24, 2.45) is 0 Å². The van der Waals surface area contributed by atoms with Gasteiger partial charge in [-0.25, -0.2) is 4.98 Å². The number of carbonyl (C=O) groups excluding carboxylic acids is 1. The van der Waals surface area contributed by atoms with Gasteiger partial charge >= 0.3 is 0 Å². The molecule has 24 heavy (non-hydrogen) atoms. The number of ether oxygens (including phenoxy) is 1. The predicted octanol–water partition coefficient (Wildman–Crippen LogP) is 4.72. The summed E-state index contributed by atoms with van der Waals surface area (Å²) >= 11 is 7.50. The highest BCUT2D eigenvalue weighted by molar-refractivity contribution is 7.13. The van der Waals surface area contributed by atoms with Gasteiger partial charge < -0.3 is 10.1 Å². The molecular formula is C18H15ClN2O2S. The van der Waals surface area contributed by atoms with Crippen molar-refractivity contribution in [1.82, 2.24) is 4.98 Å². The highest BCUT2D eigenvalue weighted by Crippen LogP contribution is 2.30. The van der Waals surface area contributed by atoms with Crippen LogP contribution < -0.4 is 5.32 Å². The van der Waals surface area contributed by atoms with Gasteiger partial charge in [0.05, 0.1) is 5.69 Å². The molecule has 4 nitrogen and oxygen atoms in total. The second-order valence-electron chi connectivity index (χ2n) is 5.10. The first kappa shape index (κ1) is 16.6. The summed E-state index contributed by atoms with van der Waals surface area (Å²) in [5.74, 6) is -0.177. The molecule has 0 radical (unpaired) electrons. The molecule has 1 aromatic heterocycles. The lowest BCUT2D eigenvalue weighted by atomic mass is 10.1. The lowest BCUT2D eigenvalue weighted by Gasteiger charge is -2.05. The topological polar surface area (TPSA) is 51.2 Å². The molecule has 3 rings (SSSR count). The van der Waals surface area contributed by atoms with Gasteiger partial charge in [0.1, 0.15) is 11.6 Å². The van der Waals surface area contributed by atoms with Gasteiger partial charge in [0.2, 0.25) is 5.91 Å². The Labute approximate surface area is 149 Å². The SMILES string of the molecule is COCC(=O)Nc1ccc(-c2csc(-c3ccc(Cl)cc3)n2)cc1. The van der Waals surface area contributed by atoms with Crippen LogP contribution in [0.1, 0.15) is 0 Å². The average Bonchev–Trinajstić information content (AvgIpc) is 3.06. The van der Waals surface area contributed by atoms with Gasteiger partial charge in [0.25, 0.3) is 0 Å². The highest BCUT2D eigenvalue weighted by Gasteiger charge is 2.07. The number of nitrogens with one attached hydrogen (secondary N) is 1. The Morgan fingerprint density at radius 1 is 1.12 bits per heavy atom. The van der Waals surface area contributed by atoms with Crippen LogP contribution in [0.25, 0.3) is 21.8 Å². The Morgan fingerprint density at radius 2 is 1.79 bits per heavy atom. The summed E-state index contributed by atoms with van der Waals surface area (Å²) in [5.41, 5.74) is 3.67. The molecule has 2 aromatic carbocycles. The van der Waals surface area contributed by atoms with E-state index in [9.17, 15) is 4.79 Å². The van der Waals surface area contributed by atoms with E-state index in [-0.39, 0.29) is 12.5 Å². The molecule has 0 bridgehead atoms. The summed E-state index contributed by atoms with van der Waals surface area (Å²) in [6.07, 6.45) is 0. The second-order valence-corrected chi connectivity index (χ2v) is 6.40. The molecule has 3 aromatic rings. The molecule has 0 aliphatic carbocycles. The van der Waals surface area contributed by atoms with E-state index in [1.54, 1.807) is 11.3 Å². The summed E-state index contributed by atoms with van der Waals surface area (Å²) in [6.45, 7) is 0.0400. The molecule has 0 aliphatic heterocycles. The molecule has 0 atom stereocenters. The zero-order valence-electron chi connectivity index (χ0n) is 13.0. The quantitative estimate of drug-likeness (QED) is 0.718. The van der Waals surface area contributed by atoms with Crippen LogP contribution in [0.15, 0.2) is 53.9 Å². The third kappa shape index (κ3) is 4.00. The van der Waals surface area contributed by atoms with Crippen molar-refractivity contribution in [2.75, 3.05) is 19.0 Å². The standard InChI is InChI=1S/C18H15ClN2O2S/c1-23-10-17(22)20-15-8-4-12(5-9-15)16-11-24-18(21-16)13-2-6-14(19)7-3-13/h2-9,11H,10H2,1H3,(H,20,22). The fraction of sp³-hybridized carbons (Fsp3) is 0.111. The van der Waals surface area contributed by atoms with Crippen molar-refractivity contribution in [1.29, 1.82) is 0 Å². The minimum absolute atomic E-state index is 0.0400. The monoisotopic (exact) mass is 358 g/mol. The van der Waals surface area contributed by atoms with E-state index in [2.05, 4.69) is 10.3 Å². The fourth-order valence-electron chi connectivity index (χ4n) is 2.18. The zero-order valence-corrected chi connectivity index (χ0v) is 14.5. The van der Waals surface area contributed by atoms with Crippen molar-refractivity contribution in [2.45, 2.75) is 0 Å². The van der Waals surface area contributed by atoms with E-state index in [0.717, 1.165) is 27.5 Å². The Bertz CT molecular complexity index is 829. The molecule has 1 amide bonds. The second kappa shape index (κ2) is 7.57. The van der Waals surface area contributed by atoms with Gasteiger partial charge in [-0.05, 0) is 24.3 Å². The first-order valence-electron chi connectivity index (χ1n) is 7.26. The average molecular weight is 359 g/mol. The molecule has 0 fully saturated rings. The molecule has 1 N–H and O–H groups in total. The Morgan fingerprint density at radius 3 is 2.46 bits per heavy atom. The Hall–Kier alpha value is -2.21. The van der Waals surface area contributed by atoms with E-state index >= 15 is 0 Å². The van der Waals surface area contributed by atoms with Gasteiger partial charge in [-0.1, -0.05) is 35.9 Å². The zero-order chi connectivity index (χ0) is 16.9. The largest absolute Gasteiger partial charge is 0.375 e. The van der Waals surface area contributed by atoms with Crippen LogP contribution in [0.5, 0.6) is 0 Å². The third-order valence-electron chi connectivity index (χ3n) is 3.34. The molecule has 0 unspecified atom stereocenters. The van der Waals surface area contributed by atoms with E-state index in [4.69, 9.17) is 16.3 Å². The van der Waals surface area contributed by atoms with Gasteiger partial charge in [0, 0.05) is 34.3 Å². The van der Waals surface area contributed by atoms with Crippen LogP contribution in [-0.2, 0) is 9.53 Å². The third-order valence-corrected chi connectivity index (χ3v) is 4.48. The van der Waals surface area contributed by atoms with Gasteiger partial charge in [0.15, 0.2) is 0 Å². The smallest absolute Gasteiger partial charge is 0.250 e. The van der Waals surface area contributed by atoms with Crippen molar-refractivity contribution in [3.05, 3.63) is 58.9 Å². The number of nitrogens with zero attached hydrogens (tertiary/aromatic N) is 1. The van der Waals surface area contributed by atoms with Crippen LogP contribution in [0, 0.1) is 0 Å². The maximum atomic E-state index is 11.5. The number of anilines is 1. The van der Waals surface area contributed by atoms with Crippen LogP contribution in [0.4, 0.5) is 5.69 Å². The molecule has 0 spiro atoms. The first-order chi connectivity index (χ1) is 11.7. The first-order valence-corrected chi connectivity index (χ1v) is 8.52. The molecule has 0 saturated carbocycles. The summed E-state index contributed by atoms with van der Waals surface area (Å²) in [7, 11) is 1.49. The van der Waals surface area contributed by atoms with E-state index in [1.165, 1.54) is 7.11 Å². The van der Waals surface area contributed by atoms with Crippen molar-refractivity contribution < 1.29 is 9.53 Å². The minimum atomic E-state index is -0.177. The van der Waals surface area contributed by atoms with E-state index < -0.39 is 0 Å². The fourth-order valence-corrected chi connectivity index (χ4v) is 3.15. The summed E-state index contributed by atoms with van der Waals surface area (Å²) in [6, 6.07) is 15.2. The lowest BCUT2D eigenvalue weighted by Crippen LogP contribution is -2.16. The van der Waals surface area contributed by atoms with Crippen molar-refractivity contribution in [3.8, 4) is 21.8 Å². The van der Waals surface area contributed by atoms with Crippen molar-refractivity contribution >= 4 is 34.5 Å². The molecular weight excluding hydrogens is 344 g/mol. The summed E-state index contributed by atoms with van der Waals surface area (Å²) in [5, 5.41) is 6.43. The highest BCUT2D eigenvalue weighted by atomic mass is 35.5. The van der Waals surface area contributed by atoms with Crippen LogP contribution in [-0.4, -0.2) is 24.6 Å². The molecule has 6 heteroatoms. The number of rotatable bonds is 5. The molecule has 0 saturated heterocycles. The maximum absolute atomic E-state index is 11.5. The summed E-state index contributed by atoms with van der Waals surface area (Å²) < 4.78 is 4.79. The number of hydrogen-bond donors (Lipinski definition) is 1. The molecule has 0 aliphatic rings. The van der Waals surface area contributed by atoms with E-state index in [0.29, 0.717) is 5.02 Å². The summed E-state index contributed by atoms with van der Waals surface area (Å²) in [4.78, 5) is 16.2. The molecule has 122 valence electrons. The lowest BCUT2D eigenvalue weighted by molar-refractivity contribution is -0.119. The number of methoxy groups -OCH3 is 1. The Balaban J connectivity index is 1.75. The number of aromatic nitrogens is 1. The number of hydrogen-bond acceptors (Lipinski definition) is 4. The number of thiazole rings is 1. The van der Waals surface area contributed by atoms with Gasteiger partial charge in [-0.3, -0.25) is 4.79 Å². The number of carbonyl (C=O) groups is 1.